The number of nitrogens with one attached hydrogen (secondary N) is 3. The van der Waals surface area contributed by atoms with Gasteiger partial charge >= 0.3 is 0 Å². The van der Waals surface area contributed by atoms with Crippen molar-refractivity contribution < 1.29 is 14.6 Å². The summed E-state index contributed by atoms with van der Waals surface area (Å²) in [6.07, 6.45) is 0.521. The van der Waals surface area contributed by atoms with Gasteiger partial charge in [-0.2, -0.15) is 0 Å². The van der Waals surface area contributed by atoms with Gasteiger partial charge in [0, 0.05) is 11.3 Å². The first-order chi connectivity index (χ1) is 12.4. The van der Waals surface area contributed by atoms with Crippen LogP contribution in [0.2, 0.25) is 5.02 Å². The van der Waals surface area contributed by atoms with E-state index in [1.807, 2.05) is 19.9 Å². The monoisotopic (exact) mass is 375 g/mol. The molecule has 0 aromatic heterocycles. The number of aromatic hydroxyl groups is 1. The number of benzene rings is 2. The molecule has 1 saturated heterocycles. The van der Waals surface area contributed by atoms with Gasteiger partial charge in [-0.05, 0) is 55.7 Å². The molecule has 1 aliphatic heterocycles. The molecule has 0 aliphatic carbocycles. The van der Waals surface area contributed by atoms with Crippen molar-refractivity contribution >= 4 is 23.2 Å². The highest BCUT2D eigenvalue weighted by Crippen LogP contribution is 2.33. The molecule has 7 heteroatoms. The number of phenolic OH excluding ortho intramolecular Hbond substituents is 1. The highest BCUT2D eigenvalue weighted by atomic mass is 35.5. The van der Waals surface area contributed by atoms with Crippen molar-refractivity contribution in [3.8, 4) is 11.5 Å². The zero-order chi connectivity index (χ0) is 18.8. The molecule has 0 bridgehead atoms. The van der Waals surface area contributed by atoms with E-state index in [0.29, 0.717) is 22.9 Å². The lowest BCUT2D eigenvalue weighted by Gasteiger charge is -2.16. The van der Waals surface area contributed by atoms with Crippen LogP contribution in [0.25, 0.3) is 0 Å². The van der Waals surface area contributed by atoms with Crippen LogP contribution in [0, 0.1) is 13.8 Å². The summed E-state index contributed by atoms with van der Waals surface area (Å²) in [5, 5.41) is 13.6. The molecule has 2 aromatic carbocycles. The smallest absolute Gasteiger partial charge is 0.242 e. The van der Waals surface area contributed by atoms with E-state index in [2.05, 4.69) is 16.2 Å². The number of ether oxygens (including phenoxy) is 1. The fourth-order valence-corrected chi connectivity index (χ4v) is 3.56. The SMILES string of the molecule is COc1ccc(NC(=O)C2CC(c3c(C)cc(C)cc3O)NN2)cc1Cl. The highest BCUT2D eigenvalue weighted by Gasteiger charge is 2.32. The van der Waals surface area contributed by atoms with Gasteiger partial charge in [-0.3, -0.25) is 4.79 Å². The van der Waals surface area contributed by atoms with E-state index in [0.717, 1.165) is 16.7 Å². The summed E-state index contributed by atoms with van der Waals surface area (Å²) in [6.45, 7) is 3.89. The lowest BCUT2D eigenvalue weighted by atomic mass is 9.95. The summed E-state index contributed by atoms with van der Waals surface area (Å²) in [5.41, 5.74) is 9.50. The summed E-state index contributed by atoms with van der Waals surface area (Å²) in [5.74, 6) is 0.617. The molecule has 0 spiro atoms. The number of hydrazine groups is 1. The lowest BCUT2D eigenvalue weighted by Crippen LogP contribution is -2.39. The van der Waals surface area contributed by atoms with Crippen molar-refractivity contribution in [2.75, 3.05) is 12.4 Å². The quantitative estimate of drug-likeness (QED) is 0.659. The van der Waals surface area contributed by atoms with Crippen molar-refractivity contribution in [2.24, 2.45) is 0 Å². The summed E-state index contributed by atoms with van der Waals surface area (Å²) in [7, 11) is 1.54. The molecule has 0 radical (unpaired) electrons. The molecule has 3 rings (SSSR count). The second-order valence-corrected chi connectivity index (χ2v) is 6.89. The number of amides is 1. The fraction of sp³-hybridized carbons (Fsp3) is 0.316. The van der Waals surface area contributed by atoms with Gasteiger partial charge in [0.1, 0.15) is 17.5 Å². The second-order valence-electron chi connectivity index (χ2n) is 6.48. The first-order valence-electron chi connectivity index (χ1n) is 8.34. The van der Waals surface area contributed by atoms with Crippen molar-refractivity contribution in [3.63, 3.8) is 0 Å². The van der Waals surface area contributed by atoms with Gasteiger partial charge in [-0.1, -0.05) is 17.7 Å². The van der Waals surface area contributed by atoms with Crippen LogP contribution in [0.1, 0.15) is 29.2 Å². The van der Waals surface area contributed by atoms with Gasteiger partial charge in [-0.15, -0.1) is 0 Å². The Labute approximate surface area is 157 Å². The average Bonchev–Trinajstić information content (AvgIpc) is 3.04. The molecule has 1 heterocycles. The first kappa shape index (κ1) is 18.5. The number of carbonyl (C=O) groups is 1. The number of halogens is 1. The van der Waals surface area contributed by atoms with Crippen LogP contribution >= 0.6 is 11.6 Å². The summed E-state index contributed by atoms with van der Waals surface area (Å²) in [6, 6.07) is 8.26. The molecule has 6 nitrogen and oxygen atoms in total. The van der Waals surface area contributed by atoms with Gasteiger partial charge in [-0.25, -0.2) is 10.9 Å². The Morgan fingerprint density at radius 3 is 2.69 bits per heavy atom. The number of hydrogen-bond acceptors (Lipinski definition) is 5. The number of anilines is 1. The van der Waals surface area contributed by atoms with E-state index in [-0.39, 0.29) is 17.7 Å². The second kappa shape index (κ2) is 7.53. The number of phenols is 1. The van der Waals surface area contributed by atoms with Gasteiger partial charge in [0.25, 0.3) is 0 Å². The Balaban J connectivity index is 1.69. The van der Waals surface area contributed by atoms with Crippen LogP contribution in [-0.4, -0.2) is 24.2 Å². The van der Waals surface area contributed by atoms with E-state index in [1.54, 1.807) is 24.3 Å². The molecular weight excluding hydrogens is 354 g/mol. The normalized spacial score (nSPS) is 19.4. The first-order valence-corrected chi connectivity index (χ1v) is 8.72. The van der Waals surface area contributed by atoms with Crippen molar-refractivity contribution in [2.45, 2.75) is 32.4 Å². The Bertz CT molecular complexity index is 818. The Hall–Kier alpha value is -2.28. The van der Waals surface area contributed by atoms with Crippen molar-refractivity contribution in [1.82, 2.24) is 10.9 Å². The number of aryl methyl sites for hydroxylation is 2. The Kier molecular flexibility index (Phi) is 5.36. The average molecular weight is 376 g/mol. The maximum Gasteiger partial charge on any atom is 0.242 e. The number of rotatable bonds is 4. The minimum Gasteiger partial charge on any atom is -0.508 e. The van der Waals surface area contributed by atoms with Crippen LogP contribution in [-0.2, 0) is 4.79 Å². The minimum atomic E-state index is -0.430. The maximum absolute atomic E-state index is 12.5. The van der Waals surface area contributed by atoms with Crippen LogP contribution in [0.5, 0.6) is 11.5 Å². The third-order valence-corrected chi connectivity index (χ3v) is 4.79. The van der Waals surface area contributed by atoms with Gasteiger partial charge in [0.2, 0.25) is 5.91 Å². The zero-order valence-corrected chi connectivity index (χ0v) is 15.6. The molecule has 4 N–H and O–H groups in total. The van der Waals surface area contributed by atoms with Crippen LogP contribution < -0.4 is 20.9 Å². The van der Waals surface area contributed by atoms with Crippen molar-refractivity contribution in [1.29, 1.82) is 0 Å². The predicted octanol–water partition coefficient (Wildman–Crippen LogP) is 3.22. The summed E-state index contributed by atoms with van der Waals surface area (Å²) < 4.78 is 5.11. The molecule has 2 atom stereocenters. The van der Waals surface area contributed by atoms with Gasteiger partial charge < -0.3 is 15.2 Å². The van der Waals surface area contributed by atoms with E-state index < -0.39 is 6.04 Å². The topological polar surface area (TPSA) is 82.6 Å². The molecule has 2 aromatic rings. The van der Waals surface area contributed by atoms with E-state index in [4.69, 9.17) is 16.3 Å². The zero-order valence-electron chi connectivity index (χ0n) is 14.9. The summed E-state index contributed by atoms with van der Waals surface area (Å²) in [4.78, 5) is 12.5. The van der Waals surface area contributed by atoms with E-state index >= 15 is 0 Å². The van der Waals surface area contributed by atoms with Crippen LogP contribution in [0.3, 0.4) is 0 Å². The van der Waals surface area contributed by atoms with Crippen LogP contribution in [0.4, 0.5) is 5.69 Å². The van der Waals surface area contributed by atoms with Gasteiger partial charge in [0.15, 0.2) is 0 Å². The van der Waals surface area contributed by atoms with E-state index in [9.17, 15) is 9.90 Å². The molecule has 1 aliphatic rings. The molecular formula is C19H22ClN3O3. The number of methoxy groups -OCH3 is 1. The lowest BCUT2D eigenvalue weighted by molar-refractivity contribution is -0.117. The number of hydrogen-bond donors (Lipinski definition) is 4. The molecule has 2 unspecified atom stereocenters. The molecule has 26 heavy (non-hydrogen) atoms. The molecule has 0 saturated carbocycles. The standard InChI is InChI=1S/C19H22ClN3O3/c1-10-6-11(2)18(16(24)7-10)14-9-15(23-22-14)19(25)21-12-4-5-17(26-3)13(20)8-12/h4-8,14-15,22-24H,9H2,1-3H3,(H,21,25). The van der Waals surface area contributed by atoms with Crippen LogP contribution in [0.15, 0.2) is 30.3 Å². The van der Waals surface area contributed by atoms with Gasteiger partial charge in [0.05, 0.1) is 18.2 Å². The Morgan fingerprint density at radius 1 is 1.27 bits per heavy atom. The third-order valence-electron chi connectivity index (χ3n) is 4.50. The fourth-order valence-electron chi connectivity index (χ4n) is 3.30. The largest absolute Gasteiger partial charge is 0.508 e. The predicted molar refractivity (Wildman–Crippen MR) is 102 cm³/mol. The third kappa shape index (κ3) is 3.77. The van der Waals surface area contributed by atoms with Crippen molar-refractivity contribution in [3.05, 3.63) is 52.0 Å². The minimum absolute atomic E-state index is 0.147. The number of carbonyl (C=O) groups excluding carboxylic acids is 1. The molecule has 1 amide bonds. The highest BCUT2D eigenvalue weighted by molar-refractivity contribution is 6.32. The van der Waals surface area contributed by atoms with E-state index in [1.165, 1.54) is 7.11 Å². The summed E-state index contributed by atoms with van der Waals surface area (Å²) >= 11 is 6.09. The Morgan fingerprint density at radius 2 is 2.04 bits per heavy atom. The molecule has 1 fully saturated rings. The molecule has 138 valence electrons. The maximum atomic E-state index is 12.5.